The highest BCUT2D eigenvalue weighted by Crippen LogP contribution is 2.30. The van der Waals surface area contributed by atoms with Gasteiger partial charge in [0.1, 0.15) is 22.3 Å². The molecule has 8 heteroatoms. The fraction of sp³-hybridized carbons (Fsp3) is 0.577. The number of unbranched alkanes of at least 4 members (excludes halogenated alkanes) is 3. The number of rotatable bonds is 15. The van der Waals surface area contributed by atoms with Gasteiger partial charge in [-0.05, 0) is 45.7 Å². The molecule has 0 radical (unpaired) electrons. The van der Waals surface area contributed by atoms with E-state index in [0.717, 1.165) is 56.3 Å². The van der Waals surface area contributed by atoms with Crippen molar-refractivity contribution in [1.82, 2.24) is 9.97 Å². The van der Waals surface area contributed by atoms with E-state index in [0.29, 0.717) is 23.0 Å². The summed E-state index contributed by atoms with van der Waals surface area (Å²) >= 11 is 4.52. The zero-order valence-corrected chi connectivity index (χ0v) is 22.3. The largest absolute Gasteiger partial charge is 0.495 e. The van der Waals surface area contributed by atoms with Gasteiger partial charge in [0, 0.05) is 32.6 Å². The van der Waals surface area contributed by atoms with Gasteiger partial charge < -0.3 is 19.9 Å². The highest BCUT2D eigenvalue weighted by Gasteiger charge is 2.18. The maximum absolute atomic E-state index is 12.9. The number of carbonyl (C=O) groups is 1. The normalized spacial score (nSPS) is 10.8. The summed E-state index contributed by atoms with van der Waals surface area (Å²) in [5.74, 6) is 2.17. The fourth-order valence-electron chi connectivity index (χ4n) is 4.01. The standard InChI is InChI=1S/C26H41N5O2S/c1-6-9-10-13-18-31(21-15-11-12-16-22(21)33-5)19-14-17-23(32)29-24-25(30(7-2)8-3)27-20(4)28-26(24)34/h11-12,15-16H,6-10,13-14,17-19H2,1-5H3,(H,29,32)(H,27,28,34). The molecule has 0 spiro atoms. The third-order valence-corrected chi connectivity index (χ3v) is 6.17. The molecule has 188 valence electrons. The van der Waals surface area contributed by atoms with E-state index in [-0.39, 0.29) is 5.91 Å². The average molecular weight is 488 g/mol. The van der Waals surface area contributed by atoms with E-state index in [1.165, 1.54) is 19.3 Å². The molecule has 0 bridgehead atoms. The summed E-state index contributed by atoms with van der Waals surface area (Å²) in [4.78, 5) is 26.2. The van der Waals surface area contributed by atoms with Crippen molar-refractivity contribution in [2.75, 3.05) is 48.4 Å². The summed E-state index contributed by atoms with van der Waals surface area (Å²) in [6.07, 6.45) is 5.90. The number of carbonyl (C=O) groups excluding carboxylic acids is 1. The van der Waals surface area contributed by atoms with Crippen LogP contribution in [0.2, 0.25) is 0 Å². The molecule has 2 aromatic rings. The van der Waals surface area contributed by atoms with Crippen LogP contribution in [-0.4, -0.2) is 49.2 Å². The van der Waals surface area contributed by atoms with Crippen molar-refractivity contribution in [2.24, 2.45) is 0 Å². The number of aromatic nitrogens is 2. The first-order valence-electron chi connectivity index (χ1n) is 12.4. The van der Waals surface area contributed by atoms with Crippen molar-refractivity contribution >= 4 is 35.7 Å². The highest BCUT2D eigenvalue weighted by atomic mass is 32.1. The minimum absolute atomic E-state index is 0.0536. The van der Waals surface area contributed by atoms with Crippen molar-refractivity contribution in [3.05, 3.63) is 30.1 Å². The van der Waals surface area contributed by atoms with Crippen LogP contribution in [0.5, 0.6) is 5.75 Å². The van der Waals surface area contributed by atoms with Gasteiger partial charge in [0.25, 0.3) is 0 Å². The van der Waals surface area contributed by atoms with Crippen molar-refractivity contribution in [3.63, 3.8) is 0 Å². The Balaban J connectivity index is 2.06. The van der Waals surface area contributed by atoms with Crippen LogP contribution in [0.4, 0.5) is 17.2 Å². The number of anilines is 3. The molecule has 1 aromatic carbocycles. The van der Waals surface area contributed by atoms with Gasteiger partial charge >= 0.3 is 0 Å². The summed E-state index contributed by atoms with van der Waals surface area (Å²) < 4.78 is 5.59. The van der Waals surface area contributed by atoms with E-state index in [4.69, 9.17) is 4.74 Å². The quantitative estimate of drug-likeness (QED) is 0.190. The lowest BCUT2D eigenvalue weighted by Crippen LogP contribution is -2.28. The number of ether oxygens (including phenoxy) is 1. The molecular weight excluding hydrogens is 446 g/mol. The zero-order valence-electron chi connectivity index (χ0n) is 21.4. The van der Waals surface area contributed by atoms with E-state index >= 15 is 0 Å². The molecule has 1 amide bonds. The lowest BCUT2D eigenvalue weighted by Gasteiger charge is -2.27. The average Bonchev–Trinajstić information content (AvgIpc) is 2.83. The minimum atomic E-state index is -0.0536. The summed E-state index contributed by atoms with van der Waals surface area (Å²) in [7, 11) is 1.70. The van der Waals surface area contributed by atoms with Crippen molar-refractivity contribution in [3.8, 4) is 5.75 Å². The Labute approximate surface area is 210 Å². The van der Waals surface area contributed by atoms with Crippen molar-refractivity contribution in [2.45, 2.75) is 71.2 Å². The first-order chi connectivity index (χ1) is 16.4. The number of benzene rings is 1. The predicted octanol–water partition coefficient (Wildman–Crippen LogP) is 5.73. The summed E-state index contributed by atoms with van der Waals surface area (Å²) in [6.45, 7) is 11.5. The van der Waals surface area contributed by atoms with Gasteiger partial charge in [-0.15, -0.1) is 12.6 Å². The molecule has 1 aromatic heterocycles. The lowest BCUT2D eigenvalue weighted by atomic mass is 10.1. The Bertz CT molecular complexity index is 905. The molecule has 0 fully saturated rings. The Hall–Kier alpha value is -2.48. The number of methoxy groups -OCH3 is 1. The van der Waals surface area contributed by atoms with Crippen LogP contribution in [0.15, 0.2) is 29.3 Å². The maximum Gasteiger partial charge on any atom is 0.224 e. The van der Waals surface area contributed by atoms with Crippen LogP contribution < -0.4 is 19.9 Å². The van der Waals surface area contributed by atoms with Crippen LogP contribution in [0.25, 0.3) is 0 Å². The van der Waals surface area contributed by atoms with E-state index in [9.17, 15) is 4.79 Å². The number of aryl methyl sites for hydroxylation is 1. The second kappa shape index (κ2) is 14.7. The number of nitrogens with zero attached hydrogens (tertiary/aromatic N) is 4. The Morgan fingerprint density at radius 1 is 1.00 bits per heavy atom. The Morgan fingerprint density at radius 2 is 1.71 bits per heavy atom. The molecule has 34 heavy (non-hydrogen) atoms. The van der Waals surface area contributed by atoms with Crippen molar-refractivity contribution in [1.29, 1.82) is 0 Å². The maximum atomic E-state index is 12.9. The zero-order chi connectivity index (χ0) is 24.9. The van der Waals surface area contributed by atoms with E-state index in [1.54, 1.807) is 7.11 Å². The van der Waals surface area contributed by atoms with Gasteiger partial charge in [0.05, 0.1) is 12.8 Å². The summed E-state index contributed by atoms with van der Waals surface area (Å²) in [6, 6.07) is 8.09. The third-order valence-electron chi connectivity index (χ3n) is 5.85. The molecule has 7 nitrogen and oxygen atoms in total. The van der Waals surface area contributed by atoms with Crippen LogP contribution >= 0.6 is 12.6 Å². The number of amides is 1. The lowest BCUT2D eigenvalue weighted by molar-refractivity contribution is -0.116. The summed E-state index contributed by atoms with van der Waals surface area (Å²) in [5, 5.41) is 3.52. The first kappa shape index (κ1) is 27.8. The molecule has 0 saturated carbocycles. The molecule has 1 heterocycles. The molecule has 2 rings (SSSR count). The molecule has 0 aliphatic rings. The summed E-state index contributed by atoms with van der Waals surface area (Å²) in [5.41, 5.74) is 1.67. The van der Waals surface area contributed by atoms with Gasteiger partial charge in [-0.2, -0.15) is 0 Å². The molecule has 1 N–H and O–H groups in total. The van der Waals surface area contributed by atoms with Crippen molar-refractivity contribution < 1.29 is 9.53 Å². The van der Waals surface area contributed by atoms with Crippen LogP contribution in [0.3, 0.4) is 0 Å². The van der Waals surface area contributed by atoms with Gasteiger partial charge in [-0.1, -0.05) is 38.3 Å². The highest BCUT2D eigenvalue weighted by molar-refractivity contribution is 7.80. The Morgan fingerprint density at radius 3 is 2.38 bits per heavy atom. The predicted molar refractivity (Wildman–Crippen MR) is 145 cm³/mol. The number of nitrogens with one attached hydrogen (secondary N) is 1. The molecule has 0 atom stereocenters. The van der Waals surface area contributed by atoms with Crippen LogP contribution in [-0.2, 0) is 4.79 Å². The molecule has 0 aliphatic carbocycles. The van der Waals surface area contributed by atoms with E-state index < -0.39 is 0 Å². The topological polar surface area (TPSA) is 70.6 Å². The molecule has 0 saturated heterocycles. The third kappa shape index (κ3) is 8.08. The first-order valence-corrected chi connectivity index (χ1v) is 12.9. The van der Waals surface area contributed by atoms with Gasteiger partial charge in [0.2, 0.25) is 5.91 Å². The molecule has 0 unspecified atom stereocenters. The van der Waals surface area contributed by atoms with Crippen LogP contribution in [0.1, 0.15) is 65.1 Å². The number of thiol groups is 1. The smallest absolute Gasteiger partial charge is 0.224 e. The molecule has 0 aliphatic heterocycles. The molecular formula is C26H41N5O2S. The van der Waals surface area contributed by atoms with Gasteiger partial charge in [-0.3, -0.25) is 4.79 Å². The Kier molecular flexibility index (Phi) is 12.0. The van der Waals surface area contributed by atoms with E-state index in [1.807, 2.05) is 25.1 Å². The monoisotopic (exact) mass is 487 g/mol. The SMILES string of the molecule is CCCCCCN(CCCC(=O)Nc1c(S)nc(C)nc1N(CC)CC)c1ccccc1OC. The second-order valence-electron chi connectivity index (χ2n) is 8.34. The minimum Gasteiger partial charge on any atom is -0.495 e. The van der Waals surface area contributed by atoms with Gasteiger partial charge in [-0.25, -0.2) is 9.97 Å². The number of hydrogen-bond donors (Lipinski definition) is 2. The fourth-order valence-corrected chi connectivity index (χ4v) is 4.31. The number of para-hydroxylation sites is 2. The van der Waals surface area contributed by atoms with Crippen LogP contribution in [0, 0.1) is 6.92 Å². The van der Waals surface area contributed by atoms with E-state index in [2.05, 4.69) is 64.6 Å². The van der Waals surface area contributed by atoms with Gasteiger partial charge in [0.15, 0.2) is 5.82 Å². The number of hydrogen-bond acceptors (Lipinski definition) is 7. The second-order valence-corrected chi connectivity index (χ2v) is 8.76.